The van der Waals surface area contributed by atoms with Crippen LogP contribution < -0.4 is 4.74 Å². The number of aliphatic hydroxyl groups is 1. The second kappa shape index (κ2) is 8.58. The van der Waals surface area contributed by atoms with Crippen LogP contribution in [-0.2, 0) is 16.0 Å². The van der Waals surface area contributed by atoms with Gasteiger partial charge in [-0.1, -0.05) is 55.7 Å². The lowest BCUT2D eigenvalue weighted by atomic mass is 9.93. The van der Waals surface area contributed by atoms with E-state index in [9.17, 15) is 14.7 Å². The average molecular weight is 420 g/mol. The van der Waals surface area contributed by atoms with Crippen LogP contribution in [-0.4, -0.2) is 34.8 Å². The van der Waals surface area contributed by atoms with Crippen molar-refractivity contribution >= 4 is 17.4 Å². The van der Waals surface area contributed by atoms with E-state index in [1.165, 1.54) is 12.7 Å². The largest absolute Gasteiger partial charge is 0.507 e. The molecule has 1 saturated heterocycles. The fraction of sp³-hybridized carbons (Fsp3) is 0.385. The molecular formula is C26H29NO4. The first-order valence-electron chi connectivity index (χ1n) is 11.0. The van der Waals surface area contributed by atoms with Gasteiger partial charge in [-0.15, -0.1) is 0 Å². The summed E-state index contributed by atoms with van der Waals surface area (Å²) in [6, 6.07) is 12.8. The molecule has 5 nitrogen and oxygen atoms in total. The Morgan fingerprint density at radius 1 is 1.10 bits per heavy atom. The fourth-order valence-corrected chi connectivity index (χ4v) is 4.82. The van der Waals surface area contributed by atoms with Gasteiger partial charge in [0.15, 0.2) is 0 Å². The van der Waals surface area contributed by atoms with Crippen LogP contribution in [0.3, 0.4) is 0 Å². The Balaban J connectivity index is 1.91. The number of methoxy groups -OCH3 is 1. The summed E-state index contributed by atoms with van der Waals surface area (Å²) in [6.45, 7) is 4.00. The van der Waals surface area contributed by atoms with Crippen LogP contribution in [0.15, 0.2) is 48.0 Å². The molecular weight excluding hydrogens is 390 g/mol. The number of carbonyl (C=O) groups excluding carboxylic acids is 2. The second-order valence-corrected chi connectivity index (χ2v) is 8.44. The molecule has 2 aromatic rings. The third-order valence-electron chi connectivity index (χ3n) is 6.51. The zero-order chi connectivity index (χ0) is 22.1. The van der Waals surface area contributed by atoms with Crippen molar-refractivity contribution in [1.29, 1.82) is 0 Å². The van der Waals surface area contributed by atoms with Gasteiger partial charge in [0.05, 0.1) is 24.3 Å². The summed E-state index contributed by atoms with van der Waals surface area (Å²) in [5, 5.41) is 11.3. The summed E-state index contributed by atoms with van der Waals surface area (Å²) < 4.78 is 5.44. The van der Waals surface area contributed by atoms with E-state index in [4.69, 9.17) is 4.74 Å². The number of amides is 1. The molecule has 1 heterocycles. The number of hydrogen-bond donors (Lipinski definition) is 1. The van der Waals surface area contributed by atoms with Gasteiger partial charge in [0.25, 0.3) is 11.7 Å². The topological polar surface area (TPSA) is 66.8 Å². The number of nitrogens with zero attached hydrogens (tertiary/aromatic N) is 1. The summed E-state index contributed by atoms with van der Waals surface area (Å²) in [7, 11) is 1.53. The summed E-state index contributed by atoms with van der Waals surface area (Å²) in [6.07, 6.45) is 4.75. The monoisotopic (exact) mass is 419 g/mol. The predicted octanol–water partition coefficient (Wildman–Crippen LogP) is 4.93. The first-order valence-corrected chi connectivity index (χ1v) is 11.0. The van der Waals surface area contributed by atoms with Crippen molar-refractivity contribution in [2.75, 3.05) is 7.11 Å². The van der Waals surface area contributed by atoms with Gasteiger partial charge >= 0.3 is 0 Å². The average Bonchev–Trinajstić information content (AvgIpc) is 3.40. The molecule has 1 amide bonds. The molecule has 0 spiro atoms. The molecule has 0 bridgehead atoms. The third-order valence-corrected chi connectivity index (χ3v) is 6.51. The van der Waals surface area contributed by atoms with Crippen molar-refractivity contribution in [3.05, 3.63) is 70.3 Å². The van der Waals surface area contributed by atoms with Crippen molar-refractivity contribution in [3.8, 4) is 5.75 Å². The molecule has 31 heavy (non-hydrogen) atoms. The van der Waals surface area contributed by atoms with E-state index < -0.39 is 17.7 Å². The summed E-state index contributed by atoms with van der Waals surface area (Å²) in [5.41, 5.74) is 3.53. The van der Waals surface area contributed by atoms with Gasteiger partial charge in [-0.25, -0.2) is 0 Å². The Kier molecular flexibility index (Phi) is 5.86. The number of Topliss-reactive ketones (excluding diaryl/α,β-unsaturated/α-hetero) is 1. The van der Waals surface area contributed by atoms with Crippen LogP contribution >= 0.6 is 0 Å². The van der Waals surface area contributed by atoms with Crippen molar-refractivity contribution < 1.29 is 19.4 Å². The van der Waals surface area contributed by atoms with Crippen LogP contribution in [0.2, 0.25) is 0 Å². The Bertz CT molecular complexity index is 1030. The molecule has 2 aromatic carbocycles. The lowest BCUT2D eigenvalue weighted by Gasteiger charge is -2.31. The highest BCUT2D eigenvalue weighted by Crippen LogP contribution is 2.44. The standard InChI is InChI=1S/C26H29NO4/c1-4-17-10-12-18(13-11-17)23-22(24(28)20-15-16(2)9-14-21(20)31-3)25(29)26(30)27(23)19-7-5-6-8-19/h9-15,19,23,28H,4-8H2,1-3H3/b24-22+. The number of ketones is 1. The van der Waals surface area contributed by atoms with Crippen molar-refractivity contribution in [2.24, 2.45) is 0 Å². The highest BCUT2D eigenvalue weighted by Gasteiger charge is 2.49. The minimum absolute atomic E-state index is 0.0111. The summed E-state index contributed by atoms with van der Waals surface area (Å²) in [5.74, 6) is -0.860. The minimum atomic E-state index is -0.627. The van der Waals surface area contributed by atoms with Gasteiger partial charge in [-0.3, -0.25) is 9.59 Å². The SMILES string of the molecule is CCc1ccc(C2/C(=C(\O)c3cc(C)ccc3OC)C(=O)C(=O)N2C2CCCC2)cc1. The zero-order valence-corrected chi connectivity index (χ0v) is 18.4. The van der Waals surface area contributed by atoms with Gasteiger partial charge < -0.3 is 14.7 Å². The zero-order valence-electron chi connectivity index (χ0n) is 18.4. The Hall–Kier alpha value is -3.08. The van der Waals surface area contributed by atoms with Crippen molar-refractivity contribution in [3.63, 3.8) is 0 Å². The van der Waals surface area contributed by atoms with Gasteiger partial charge in [-0.05, 0) is 49.4 Å². The van der Waals surface area contributed by atoms with Crippen LogP contribution in [0.5, 0.6) is 5.75 Å². The summed E-state index contributed by atoms with van der Waals surface area (Å²) >= 11 is 0. The van der Waals surface area contributed by atoms with E-state index in [0.717, 1.165) is 43.2 Å². The van der Waals surface area contributed by atoms with Crippen molar-refractivity contribution in [2.45, 2.75) is 58.0 Å². The van der Waals surface area contributed by atoms with E-state index >= 15 is 0 Å². The van der Waals surface area contributed by atoms with E-state index in [1.54, 1.807) is 17.0 Å². The number of aliphatic hydroxyl groups excluding tert-OH is 1. The number of carbonyl (C=O) groups is 2. The Morgan fingerprint density at radius 3 is 2.39 bits per heavy atom. The number of ether oxygens (including phenoxy) is 1. The number of benzene rings is 2. The van der Waals surface area contributed by atoms with Crippen molar-refractivity contribution in [1.82, 2.24) is 4.90 Å². The molecule has 0 aromatic heterocycles. The smallest absolute Gasteiger partial charge is 0.295 e. The molecule has 162 valence electrons. The molecule has 2 fully saturated rings. The maximum Gasteiger partial charge on any atom is 0.295 e. The van der Waals surface area contributed by atoms with Crippen LogP contribution in [0, 0.1) is 6.92 Å². The Labute approximate surface area is 183 Å². The molecule has 1 aliphatic heterocycles. The van der Waals surface area contributed by atoms with Gasteiger partial charge in [0.1, 0.15) is 11.5 Å². The molecule has 1 aliphatic carbocycles. The highest BCUT2D eigenvalue weighted by molar-refractivity contribution is 6.46. The Morgan fingerprint density at radius 2 is 1.77 bits per heavy atom. The quantitative estimate of drug-likeness (QED) is 0.424. The molecule has 2 aliphatic rings. The maximum absolute atomic E-state index is 13.2. The van der Waals surface area contributed by atoms with Crippen LogP contribution in [0.1, 0.15) is 60.9 Å². The number of likely N-dealkylation sites (tertiary alicyclic amines) is 1. The van der Waals surface area contributed by atoms with E-state index in [1.807, 2.05) is 37.3 Å². The predicted molar refractivity (Wildman–Crippen MR) is 120 cm³/mol. The normalized spacial score (nSPS) is 21.1. The first-order chi connectivity index (χ1) is 15.0. The van der Waals surface area contributed by atoms with Gasteiger partial charge in [0, 0.05) is 6.04 Å². The lowest BCUT2D eigenvalue weighted by Crippen LogP contribution is -2.37. The van der Waals surface area contributed by atoms with Gasteiger partial charge in [0.2, 0.25) is 0 Å². The molecule has 1 atom stereocenters. The molecule has 1 N–H and O–H groups in total. The highest BCUT2D eigenvalue weighted by atomic mass is 16.5. The molecule has 5 heteroatoms. The summed E-state index contributed by atoms with van der Waals surface area (Å²) in [4.78, 5) is 28.1. The number of hydrogen-bond acceptors (Lipinski definition) is 4. The van der Waals surface area contributed by atoms with Crippen LogP contribution in [0.4, 0.5) is 0 Å². The molecule has 1 saturated carbocycles. The molecule has 0 radical (unpaired) electrons. The van der Waals surface area contributed by atoms with Crippen LogP contribution in [0.25, 0.3) is 5.76 Å². The molecule has 4 rings (SSSR count). The van der Waals surface area contributed by atoms with E-state index in [2.05, 4.69) is 6.92 Å². The molecule has 1 unspecified atom stereocenters. The minimum Gasteiger partial charge on any atom is -0.507 e. The third kappa shape index (κ3) is 3.73. The first kappa shape index (κ1) is 21.2. The fourth-order valence-electron chi connectivity index (χ4n) is 4.82. The van der Waals surface area contributed by atoms with Gasteiger partial charge in [-0.2, -0.15) is 0 Å². The number of rotatable bonds is 5. The van der Waals surface area contributed by atoms with E-state index in [-0.39, 0.29) is 17.4 Å². The van der Waals surface area contributed by atoms with E-state index in [0.29, 0.717) is 11.3 Å². The number of aryl methyl sites for hydroxylation is 2. The maximum atomic E-state index is 13.2. The lowest BCUT2D eigenvalue weighted by molar-refractivity contribution is -0.141. The second-order valence-electron chi connectivity index (χ2n) is 8.44.